The SMILES string of the molecule is COC(=O)CCN(C)S(=O)(=O)c1cc(S(C)(=O)=O)ccc1Cl. The number of carbonyl (C=O) groups is 1. The van der Waals surface area contributed by atoms with Crippen LogP contribution in [0.25, 0.3) is 0 Å². The van der Waals surface area contributed by atoms with E-state index in [1.54, 1.807) is 0 Å². The van der Waals surface area contributed by atoms with E-state index in [-0.39, 0.29) is 27.8 Å². The van der Waals surface area contributed by atoms with E-state index in [1.165, 1.54) is 26.3 Å². The summed E-state index contributed by atoms with van der Waals surface area (Å²) < 4.78 is 53.3. The Balaban J connectivity index is 3.20. The van der Waals surface area contributed by atoms with Crippen molar-refractivity contribution in [1.29, 1.82) is 0 Å². The van der Waals surface area contributed by atoms with Gasteiger partial charge in [-0.1, -0.05) is 11.6 Å². The number of halogens is 1. The lowest BCUT2D eigenvalue weighted by molar-refractivity contribution is -0.140. The molecule has 0 aliphatic carbocycles. The van der Waals surface area contributed by atoms with Crippen LogP contribution in [0.15, 0.2) is 28.0 Å². The lowest BCUT2D eigenvalue weighted by atomic mass is 10.4. The number of hydrogen-bond acceptors (Lipinski definition) is 6. The lowest BCUT2D eigenvalue weighted by Gasteiger charge is -2.17. The molecule has 124 valence electrons. The molecule has 0 saturated carbocycles. The summed E-state index contributed by atoms with van der Waals surface area (Å²) in [6, 6.07) is 3.44. The van der Waals surface area contributed by atoms with E-state index in [9.17, 15) is 21.6 Å². The molecule has 0 unspecified atom stereocenters. The highest BCUT2D eigenvalue weighted by Crippen LogP contribution is 2.27. The first-order valence-corrected chi connectivity index (χ1v) is 9.74. The molecule has 0 aromatic heterocycles. The second-order valence-corrected chi connectivity index (χ2v) is 8.95. The third kappa shape index (κ3) is 4.42. The fourth-order valence-corrected chi connectivity index (χ4v) is 3.94. The summed E-state index contributed by atoms with van der Waals surface area (Å²) in [6.07, 6.45) is 0.837. The zero-order valence-electron chi connectivity index (χ0n) is 12.2. The van der Waals surface area contributed by atoms with Crippen LogP contribution >= 0.6 is 11.6 Å². The first kappa shape index (κ1) is 18.9. The molecular weight excluding hydrogens is 354 g/mol. The molecule has 0 atom stereocenters. The number of rotatable bonds is 6. The van der Waals surface area contributed by atoms with Crippen molar-refractivity contribution in [3.05, 3.63) is 23.2 Å². The smallest absolute Gasteiger partial charge is 0.306 e. The Morgan fingerprint density at radius 2 is 1.86 bits per heavy atom. The standard InChI is InChI=1S/C12H16ClNO6S2/c1-14(7-6-12(15)20-2)22(18,19)11-8-9(21(3,16)17)4-5-10(11)13/h4-5,8H,6-7H2,1-3H3. The van der Waals surface area contributed by atoms with E-state index in [4.69, 9.17) is 11.6 Å². The summed E-state index contributed by atoms with van der Waals surface area (Å²) in [7, 11) is -5.14. The molecule has 1 rings (SSSR count). The quantitative estimate of drug-likeness (QED) is 0.692. The number of benzene rings is 1. The van der Waals surface area contributed by atoms with Gasteiger partial charge in [0.2, 0.25) is 10.0 Å². The summed E-state index contributed by atoms with van der Waals surface area (Å²) in [5.74, 6) is -0.557. The van der Waals surface area contributed by atoms with E-state index in [0.29, 0.717) is 0 Å². The Labute approximate surface area is 134 Å². The molecule has 0 bridgehead atoms. The van der Waals surface area contributed by atoms with Gasteiger partial charge in [0.1, 0.15) is 4.90 Å². The van der Waals surface area contributed by atoms with Crippen LogP contribution in [0, 0.1) is 0 Å². The van der Waals surface area contributed by atoms with Gasteiger partial charge in [0.15, 0.2) is 9.84 Å². The number of ether oxygens (including phenoxy) is 1. The van der Waals surface area contributed by atoms with Crippen LogP contribution in [0.3, 0.4) is 0 Å². The average Bonchev–Trinajstić information content (AvgIpc) is 2.43. The molecule has 0 amide bonds. The van der Waals surface area contributed by atoms with Gasteiger partial charge in [-0.15, -0.1) is 0 Å². The number of esters is 1. The average molecular weight is 370 g/mol. The molecule has 22 heavy (non-hydrogen) atoms. The summed E-state index contributed by atoms with van der Waals surface area (Å²) >= 11 is 5.87. The Morgan fingerprint density at radius 1 is 1.27 bits per heavy atom. The number of sulfonamides is 1. The van der Waals surface area contributed by atoms with Crippen LogP contribution in [0.5, 0.6) is 0 Å². The minimum atomic E-state index is -4.03. The highest BCUT2D eigenvalue weighted by Gasteiger charge is 2.25. The number of methoxy groups -OCH3 is 1. The second-order valence-electron chi connectivity index (χ2n) is 4.52. The van der Waals surface area contributed by atoms with Crippen molar-refractivity contribution in [2.24, 2.45) is 0 Å². The Hall–Kier alpha value is -1.16. The van der Waals surface area contributed by atoms with Crippen LogP contribution in [0.1, 0.15) is 6.42 Å². The number of nitrogens with zero attached hydrogens (tertiary/aromatic N) is 1. The van der Waals surface area contributed by atoms with Crippen molar-refractivity contribution in [1.82, 2.24) is 4.31 Å². The van der Waals surface area contributed by atoms with Gasteiger partial charge in [-0.25, -0.2) is 21.1 Å². The van der Waals surface area contributed by atoms with Gasteiger partial charge in [-0.2, -0.15) is 0 Å². The fourth-order valence-electron chi connectivity index (χ4n) is 1.55. The third-order valence-corrected chi connectivity index (χ3v) is 6.33. The molecule has 0 radical (unpaired) electrons. The number of hydrogen-bond donors (Lipinski definition) is 0. The van der Waals surface area contributed by atoms with Crippen LogP contribution in [-0.2, 0) is 29.4 Å². The number of carbonyl (C=O) groups excluding carboxylic acids is 1. The van der Waals surface area contributed by atoms with Crippen molar-refractivity contribution < 1.29 is 26.4 Å². The second kappa shape index (κ2) is 6.95. The van der Waals surface area contributed by atoms with E-state index in [0.717, 1.165) is 16.6 Å². The summed E-state index contributed by atoms with van der Waals surface area (Å²) in [4.78, 5) is 10.6. The van der Waals surface area contributed by atoms with Crippen molar-refractivity contribution in [3.8, 4) is 0 Å². The van der Waals surface area contributed by atoms with Crippen molar-refractivity contribution in [2.45, 2.75) is 16.2 Å². The van der Waals surface area contributed by atoms with Gasteiger partial charge in [-0.3, -0.25) is 4.79 Å². The molecule has 0 spiro atoms. The maximum absolute atomic E-state index is 12.4. The van der Waals surface area contributed by atoms with Gasteiger partial charge in [0, 0.05) is 19.8 Å². The van der Waals surface area contributed by atoms with Crippen molar-refractivity contribution in [3.63, 3.8) is 0 Å². The van der Waals surface area contributed by atoms with E-state index in [1.807, 2.05) is 0 Å². The largest absolute Gasteiger partial charge is 0.469 e. The molecular formula is C12H16ClNO6S2. The minimum Gasteiger partial charge on any atom is -0.469 e. The Bertz CT molecular complexity index is 773. The predicted molar refractivity (Wildman–Crippen MR) is 81.0 cm³/mol. The normalized spacial score (nSPS) is 12.4. The molecule has 1 aromatic carbocycles. The predicted octanol–water partition coefficient (Wildman–Crippen LogP) is 0.927. The van der Waals surface area contributed by atoms with E-state index < -0.39 is 25.8 Å². The topological polar surface area (TPSA) is 97.8 Å². The monoisotopic (exact) mass is 369 g/mol. The highest BCUT2D eigenvalue weighted by atomic mass is 35.5. The fraction of sp³-hybridized carbons (Fsp3) is 0.417. The molecule has 0 aliphatic rings. The van der Waals surface area contributed by atoms with Crippen molar-refractivity contribution >= 4 is 37.4 Å². The molecule has 0 heterocycles. The van der Waals surface area contributed by atoms with Gasteiger partial charge in [-0.05, 0) is 18.2 Å². The third-order valence-electron chi connectivity index (χ3n) is 2.88. The first-order valence-electron chi connectivity index (χ1n) is 6.03. The maximum atomic E-state index is 12.4. The van der Waals surface area contributed by atoms with Crippen molar-refractivity contribution in [2.75, 3.05) is 27.0 Å². The van der Waals surface area contributed by atoms with E-state index >= 15 is 0 Å². The lowest BCUT2D eigenvalue weighted by Crippen LogP contribution is -2.29. The molecule has 7 nitrogen and oxygen atoms in total. The summed E-state index contributed by atoms with van der Waals surface area (Å²) in [6.45, 7) is -0.117. The first-order chi connectivity index (χ1) is 10.00. The van der Waals surface area contributed by atoms with Crippen LogP contribution in [-0.4, -0.2) is 54.1 Å². The zero-order valence-corrected chi connectivity index (χ0v) is 14.6. The molecule has 0 N–H and O–H groups in total. The van der Waals surface area contributed by atoms with Gasteiger partial charge in [0.25, 0.3) is 0 Å². The zero-order chi connectivity index (χ0) is 17.1. The summed E-state index contributed by atoms with van der Waals surface area (Å²) in [5.41, 5.74) is 0. The molecule has 0 saturated heterocycles. The molecule has 1 aromatic rings. The maximum Gasteiger partial charge on any atom is 0.306 e. The Kier molecular flexibility index (Phi) is 5.96. The van der Waals surface area contributed by atoms with E-state index in [2.05, 4.69) is 4.74 Å². The van der Waals surface area contributed by atoms with Gasteiger partial charge >= 0.3 is 5.97 Å². The summed E-state index contributed by atoms with van der Waals surface area (Å²) in [5, 5.41) is -0.0997. The van der Waals surface area contributed by atoms with Gasteiger partial charge < -0.3 is 4.74 Å². The Morgan fingerprint density at radius 3 is 2.36 bits per heavy atom. The van der Waals surface area contributed by atoms with Gasteiger partial charge in [0.05, 0.1) is 23.4 Å². The number of sulfone groups is 1. The molecule has 0 aliphatic heterocycles. The van der Waals surface area contributed by atoms with Crippen LogP contribution in [0.4, 0.5) is 0 Å². The minimum absolute atomic E-state index is 0.0997. The van der Waals surface area contributed by atoms with Crippen LogP contribution < -0.4 is 0 Å². The van der Waals surface area contributed by atoms with Crippen LogP contribution in [0.2, 0.25) is 5.02 Å². The molecule has 0 fully saturated rings. The molecule has 10 heteroatoms. The highest BCUT2D eigenvalue weighted by molar-refractivity contribution is 7.91.